The minimum atomic E-state index is -0.0517. The summed E-state index contributed by atoms with van der Waals surface area (Å²) in [5, 5.41) is 9.28. The van der Waals surface area contributed by atoms with Gasteiger partial charge in [0.2, 0.25) is 0 Å². The number of aliphatic hydroxyl groups is 1. The van der Waals surface area contributed by atoms with Crippen LogP contribution < -0.4 is 5.73 Å². The van der Waals surface area contributed by atoms with Crippen LogP contribution >= 0.6 is 15.9 Å². The zero-order valence-electron chi connectivity index (χ0n) is 7.91. The summed E-state index contributed by atoms with van der Waals surface area (Å²) in [6.07, 6.45) is 1.00. The SMILES string of the molecule is NC[C@@]1(CO)C[C@@H]1c1ccccc1Br. The van der Waals surface area contributed by atoms with Gasteiger partial charge in [0.1, 0.15) is 0 Å². The zero-order valence-corrected chi connectivity index (χ0v) is 9.50. The topological polar surface area (TPSA) is 46.2 Å². The standard InChI is InChI=1S/C11H14BrNO/c12-10-4-2-1-3-8(10)9-5-11(9,6-13)7-14/h1-4,9,14H,5-7,13H2/t9-,11-/m1/s1. The lowest BCUT2D eigenvalue weighted by molar-refractivity contribution is 0.211. The van der Waals surface area contributed by atoms with E-state index >= 15 is 0 Å². The number of benzene rings is 1. The fourth-order valence-electron chi connectivity index (χ4n) is 2.01. The van der Waals surface area contributed by atoms with Crippen molar-refractivity contribution < 1.29 is 5.11 Å². The number of aliphatic hydroxyl groups excluding tert-OH is 1. The molecule has 0 heterocycles. The first kappa shape index (κ1) is 10.1. The van der Waals surface area contributed by atoms with Gasteiger partial charge in [0.25, 0.3) is 0 Å². The van der Waals surface area contributed by atoms with Crippen LogP contribution in [0, 0.1) is 5.41 Å². The van der Waals surface area contributed by atoms with Gasteiger partial charge in [-0.25, -0.2) is 0 Å². The third-order valence-electron chi connectivity index (χ3n) is 3.19. The Kier molecular flexibility index (Phi) is 2.64. The molecule has 1 fully saturated rings. The highest BCUT2D eigenvalue weighted by Crippen LogP contribution is 2.59. The van der Waals surface area contributed by atoms with E-state index in [1.807, 2.05) is 18.2 Å². The van der Waals surface area contributed by atoms with Gasteiger partial charge in [-0.2, -0.15) is 0 Å². The van der Waals surface area contributed by atoms with Gasteiger partial charge in [0.15, 0.2) is 0 Å². The third kappa shape index (κ3) is 1.49. The van der Waals surface area contributed by atoms with Crippen molar-refractivity contribution in [3.63, 3.8) is 0 Å². The lowest BCUT2D eigenvalue weighted by Gasteiger charge is -2.11. The van der Waals surface area contributed by atoms with E-state index < -0.39 is 0 Å². The summed E-state index contributed by atoms with van der Waals surface area (Å²) in [7, 11) is 0. The van der Waals surface area contributed by atoms with Crippen molar-refractivity contribution in [3.8, 4) is 0 Å². The molecule has 2 rings (SSSR count). The molecular weight excluding hydrogens is 242 g/mol. The summed E-state index contributed by atoms with van der Waals surface area (Å²) < 4.78 is 1.12. The lowest BCUT2D eigenvalue weighted by Crippen LogP contribution is -2.21. The maximum atomic E-state index is 9.28. The smallest absolute Gasteiger partial charge is 0.0505 e. The van der Waals surface area contributed by atoms with Crippen molar-refractivity contribution in [2.75, 3.05) is 13.2 Å². The molecule has 2 atom stereocenters. The third-order valence-corrected chi connectivity index (χ3v) is 3.91. The fourth-order valence-corrected chi connectivity index (χ4v) is 2.57. The van der Waals surface area contributed by atoms with E-state index in [0.717, 1.165) is 10.9 Å². The zero-order chi connectivity index (χ0) is 10.2. The molecule has 0 aliphatic heterocycles. The first-order chi connectivity index (χ1) is 6.73. The van der Waals surface area contributed by atoms with Gasteiger partial charge in [0.05, 0.1) is 6.61 Å². The second-order valence-corrected chi connectivity index (χ2v) is 4.86. The Labute approximate surface area is 92.3 Å². The normalized spacial score (nSPS) is 30.4. The number of rotatable bonds is 3. The quantitative estimate of drug-likeness (QED) is 0.867. The van der Waals surface area contributed by atoms with Crippen LogP contribution in [-0.2, 0) is 0 Å². The van der Waals surface area contributed by atoms with Crippen LogP contribution in [0.3, 0.4) is 0 Å². The molecule has 0 spiro atoms. The average Bonchev–Trinajstić information content (AvgIpc) is 2.94. The number of hydrogen-bond acceptors (Lipinski definition) is 2. The molecule has 76 valence electrons. The van der Waals surface area contributed by atoms with Gasteiger partial charge in [-0.3, -0.25) is 0 Å². The van der Waals surface area contributed by atoms with Crippen molar-refractivity contribution in [3.05, 3.63) is 34.3 Å². The Hall–Kier alpha value is -0.380. The maximum Gasteiger partial charge on any atom is 0.0505 e. The van der Waals surface area contributed by atoms with Gasteiger partial charge >= 0.3 is 0 Å². The lowest BCUT2D eigenvalue weighted by atomic mass is 10.0. The van der Waals surface area contributed by atoms with Crippen molar-refractivity contribution in [1.29, 1.82) is 0 Å². The highest BCUT2D eigenvalue weighted by Gasteiger charge is 2.53. The summed E-state index contributed by atoms with van der Waals surface area (Å²) in [4.78, 5) is 0. The fraction of sp³-hybridized carbons (Fsp3) is 0.455. The summed E-state index contributed by atoms with van der Waals surface area (Å²) in [5.41, 5.74) is 6.90. The van der Waals surface area contributed by atoms with Crippen LogP contribution in [0.25, 0.3) is 0 Å². The summed E-state index contributed by atoms with van der Waals surface area (Å²) in [5.74, 6) is 0.424. The molecule has 1 aliphatic carbocycles. The molecule has 0 bridgehead atoms. The second-order valence-electron chi connectivity index (χ2n) is 4.00. The Bertz CT molecular complexity index is 336. The van der Waals surface area contributed by atoms with Crippen LogP contribution in [0.5, 0.6) is 0 Å². The van der Waals surface area contributed by atoms with Crippen LogP contribution in [0.15, 0.2) is 28.7 Å². The molecule has 0 amide bonds. The number of hydrogen-bond donors (Lipinski definition) is 2. The average molecular weight is 256 g/mol. The van der Waals surface area contributed by atoms with Crippen LogP contribution in [0.2, 0.25) is 0 Å². The molecule has 1 aromatic rings. The van der Waals surface area contributed by atoms with Crippen LogP contribution in [0.4, 0.5) is 0 Å². The highest BCUT2D eigenvalue weighted by atomic mass is 79.9. The van der Waals surface area contributed by atoms with Gasteiger partial charge in [-0.05, 0) is 24.0 Å². The molecule has 3 heteroatoms. The molecule has 0 aromatic heterocycles. The van der Waals surface area contributed by atoms with Crippen LogP contribution in [0.1, 0.15) is 17.9 Å². The van der Waals surface area contributed by atoms with E-state index in [1.165, 1.54) is 5.56 Å². The van der Waals surface area contributed by atoms with E-state index in [0.29, 0.717) is 12.5 Å². The van der Waals surface area contributed by atoms with Gasteiger partial charge in [0, 0.05) is 16.4 Å². The Morgan fingerprint density at radius 1 is 1.50 bits per heavy atom. The molecule has 0 radical (unpaired) electrons. The maximum absolute atomic E-state index is 9.28. The van der Waals surface area contributed by atoms with E-state index in [2.05, 4.69) is 22.0 Å². The van der Waals surface area contributed by atoms with E-state index in [1.54, 1.807) is 0 Å². The molecule has 0 saturated heterocycles. The Morgan fingerprint density at radius 2 is 2.21 bits per heavy atom. The van der Waals surface area contributed by atoms with E-state index in [-0.39, 0.29) is 12.0 Å². The molecule has 14 heavy (non-hydrogen) atoms. The molecule has 1 aliphatic rings. The van der Waals surface area contributed by atoms with Crippen molar-refractivity contribution in [1.82, 2.24) is 0 Å². The number of nitrogens with two attached hydrogens (primary N) is 1. The molecule has 1 aromatic carbocycles. The monoisotopic (exact) mass is 255 g/mol. The van der Waals surface area contributed by atoms with Crippen molar-refractivity contribution in [2.45, 2.75) is 12.3 Å². The number of halogens is 1. The van der Waals surface area contributed by atoms with Gasteiger partial charge in [-0.1, -0.05) is 34.1 Å². The summed E-state index contributed by atoms with van der Waals surface area (Å²) in [6.45, 7) is 0.755. The molecule has 0 unspecified atom stereocenters. The highest BCUT2D eigenvalue weighted by molar-refractivity contribution is 9.10. The second kappa shape index (κ2) is 3.65. The summed E-state index contributed by atoms with van der Waals surface area (Å²) in [6, 6.07) is 8.16. The first-order valence-electron chi connectivity index (χ1n) is 4.79. The predicted octanol–water partition coefficient (Wildman–Crippen LogP) is 1.87. The minimum absolute atomic E-state index is 0.0517. The largest absolute Gasteiger partial charge is 0.396 e. The molecule has 1 saturated carbocycles. The minimum Gasteiger partial charge on any atom is -0.396 e. The van der Waals surface area contributed by atoms with Gasteiger partial charge < -0.3 is 10.8 Å². The first-order valence-corrected chi connectivity index (χ1v) is 5.58. The molecule has 3 N–H and O–H groups in total. The van der Waals surface area contributed by atoms with Gasteiger partial charge in [-0.15, -0.1) is 0 Å². The molecular formula is C11H14BrNO. The van der Waals surface area contributed by atoms with Crippen molar-refractivity contribution in [2.24, 2.45) is 11.1 Å². The Morgan fingerprint density at radius 3 is 2.71 bits per heavy atom. The summed E-state index contributed by atoms with van der Waals surface area (Å²) >= 11 is 3.52. The van der Waals surface area contributed by atoms with Crippen molar-refractivity contribution >= 4 is 15.9 Å². The Balaban J connectivity index is 2.24. The predicted molar refractivity (Wildman–Crippen MR) is 60.1 cm³/mol. The molecule has 2 nitrogen and oxygen atoms in total. The van der Waals surface area contributed by atoms with E-state index in [9.17, 15) is 5.11 Å². The van der Waals surface area contributed by atoms with Crippen LogP contribution in [-0.4, -0.2) is 18.3 Å². The van der Waals surface area contributed by atoms with E-state index in [4.69, 9.17) is 5.73 Å².